The van der Waals surface area contributed by atoms with Crippen molar-refractivity contribution in [3.8, 4) is 0 Å². The first kappa shape index (κ1) is 12.5. The third-order valence-electron chi connectivity index (χ3n) is 2.53. The molecular formula is C10H16BrNO3. The number of halogens is 1. The molecule has 15 heavy (non-hydrogen) atoms. The molecule has 0 aromatic carbocycles. The normalized spacial score (nSPS) is 27.5. The zero-order valence-corrected chi connectivity index (χ0v) is 10.2. The van der Waals surface area contributed by atoms with Gasteiger partial charge in [-0.3, -0.25) is 0 Å². The third kappa shape index (κ3) is 5.16. The van der Waals surface area contributed by atoms with Gasteiger partial charge in [0.2, 0.25) is 0 Å². The van der Waals surface area contributed by atoms with Crippen LogP contribution in [-0.4, -0.2) is 11.2 Å². The molecule has 0 amide bonds. The van der Waals surface area contributed by atoms with Crippen LogP contribution in [0.3, 0.4) is 0 Å². The van der Waals surface area contributed by atoms with E-state index in [1.807, 2.05) is 6.08 Å². The van der Waals surface area contributed by atoms with Gasteiger partial charge in [-0.05, 0) is 19.3 Å². The Labute approximate surface area is 97.9 Å². The molecule has 5 heteroatoms. The monoisotopic (exact) mass is 277 g/mol. The van der Waals surface area contributed by atoms with Crippen LogP contribution in [0.1, 0.15) is 44.9 Å². The average molecular weight is 278 g/mol. The van der Waals surface area contributed by atoms with E-state index < -0.39 is 11.2 Å². The quantitative estimate of drug-likeness (QED) is 0.573. The second-order valence-electron chi connectivity index (χ2n) is 3.75. The minimum Gasteiger partial charge on any atom is -0.305 e. The lowest BCUT2D eigenvalue weighted by atomic mass is 10.0. The van der Waals surface area contributed by atoms with E-state index in [2.05, 4.69) is 20.8 Å². The van der Waals surface area contributed by atoms with Gasteiger partial charge in [-0.1, -0.05) is 47.7 Å². The lowest BCUT2D eigenvalue weighted by molar-refractivity contribution is -0.765. The minimum absolute atomic E-state index is 0.405. The molecule has 0 saturated heterocycles. The maximum Gasteiger partial charge on any atom is 0.295 e. The SMILES string of the molecule is O=[N+]([O-])OC1CCCCCCC/C=C\1Br. The van der Waals surface area contributed by atoms with Crippen molar-refractivity contribution < 1.29 is 9.92 Å². The molecule has 0 spiro atoms. The van der Waals surface area contributed by atoms with E-state index in [4.69, 9.17) is 0 Å². The van der Waals surface area contributed by atoms with Crippen molar-refractivity contribution in [1.29, 1.82) is 0 Å². The fourth-order valence-corrected chi connectivity index (χ4v) is 2.26. The van der Waals surface area contributed by atoms with Gasteiger partial charge in [0.25, 0.3) is 5.09 Å². The van der Waals surface area contributed by atoms with E-state index in [-0.39, 0.29) is 0 Å². The maximum absolute atomic E-state index is 10.3. The van der Waals surface area contributed by atoms with Crippen molar-refractivity contribution in [2.45, 2.75) is 51.0 Å². The van der Waals surface area contributed by atoms with Crippen molar-refractivity contribution in [3.05, 3.63) is 20.7 Å². The first-order valence-corrected chi connectivity index (χ1v) is 6.16. The molecule has 0 heterocycles. The zero-order chi connectivity index (χ0) is 11.1. The second kappa shape index (κ2) is 6.82. The van der Waals surface area contributed by atoms with Crippen LogP contribution in [0.2, 0.25) is 0 Å². The summed E-state index contributed by atoms with van der Waals surface area (Å²) in [6.07, 6.45) is 9.03. The molecule has 0 aromatic heterocycles. The average Bonchev–Trinajstić information content (AvgIpc) is 2.19. The Balaban J connectivity index is 2.56. The van der Waals surface area contributed by atoms with Gasteiger partial charge in [0.1, 0.15) is 6.10 Å². The predicted molar refractivity (Wildman–Crippen MR) is 61.2 cm³/mol. The van der Waals surface area contributed by atoms with Crippen molar-refractivity contribution in [2.24, 2.45) is 0 Å². The van der Waals surface area contributed by atoms with Crippen LogP contribution in [0.5, 0.6) is 0 Å². The smallest absolute Gasteiger partial charge is 0.295 e. The Kier molecular flexibility index (Phi) is 5.68. The first-order valence-electron chi connectivity index (χ1n) is 5.37. The molecule has 1 aliphatic rings. The van der Waals surface area contributed by atoms with Crippen molar-refractivity contribution in [3.63, 3.8) is 0 Å². The highest BCUT2D eigenvalue weighted by Gasteiger charge is 2.16. The molecule has 0 aliphatic heterocycles. The molecule has 1 rings (SSSR count). The summed E-state index contributed by atoms with van der Waals surface area (Å²) in [6, 6.07) is 0. The Morgan fingerprint density at radius 1 is 1.33 bits per heavy atom. The Bertz CT molecular complexity index is 243. The van der Waals surface area contributed by atoms with E-state index >= 15 is 0 Å². The highest BCUT2D eigenvalue weighted by Crippen LogP contribution is 2.23. The van der Waals surface area contributed by atoms with Crippen LogP contribution >= 0.6 is 15.9 Å². The number of allylic oxidation sites excluding steroid dienone is 1. The van der Waals surface area contributed by atoms with Crippen LogP contribution in [-0.2, 0) is 4.84 Å². The topological polar surface area (TPSA) is 52.4 Å². The first-order chi connectivity index (χ1) is 7.20. The van der Waals surface area contributed by atoms with Crippen molar-refractivity contribution >= 4 is 15.9 Å². The molecule has 1 aliphatic carbocycles. The summed E-state index contributed by atoms with van der Waals surface area (Å²) in [5, 5.41) is 9.60. The van der Waals surface area contributed by atoms with Gasteiger partial charge in [-0.2, -0.15) is 0 Å². The minimum atomic E-state index is -0.703. The Hall–Kier alpha value is -0.580. The summed E-state index contributed by atoms with van der Waals surface area (Å²) in [5.74, 6) is 0. The van der Waals surface area contributed by atoms with Crippen LogP contribution in [0, 0.1) is 10.1 Å². The lowest BCUT2D eigenvalue weighted by Crippen LogP contribution is -2.17. The molecule has 0 N–H and O–H groups in total. The van der Waals surface area contributed by atoms with Crippen LogP contribution in [0.25, 0.3) is 0 Å². The molecular weight excluding hydrogens is 262 g/mol. The second-order valence-corrected chi connectivity index (χ2v) is 4.67. The Morgan fingerprint density at radius 3 is 2.73 bits per heavy atom. The number of hydrogen-bond donors (Lipinski definition) is 0. The van der Waals surface area contributed by atoms with E-state index in [0.717, 1.165) is 36.6 Å². The summed E-state index contributed by atoms with van der Waals surface area (Å²) in [7, 11) is 0. The maximum atomic E-state index is 10.3. The number of nitrogens with zero attached hydrogens (tertiary/aromatic N) is 1. The van der Waals surface area contributed by atoms with Gasteiger partial charge in [0.15, 0.2) is 0 Å². The van der Waals surface area contributed by atoms with Crippen molar-refractivity contribution in [1.82, 2.24) is 0 Å². The van der Waals surface area contributed by atoms with E-state index in [1.165, 1.54) is 12.8 Å². The summed E-state index contributed by atoms with van der Waals surface area (Å²) >= 11 is 3.36. The van der Waals surface area contributed by atoms with Crippen LogP contribution in [0.15, 0.2) is 10.6 Å². The lowest BCUT2D eigenvalue weighted by Gasteiger charge is -2.15. The molecule has 0 saturated carbocycles. The summed E-state index contributed by atoms with van der Waals surface area (Å²) in [5.41, 5.74) is 0. The molecule has 86 valence electrons. The standard InChI is InChI=1S/C10H16BrNO3/c11-9-7-5-3-1-2-4-6-8-10(9)15-12(13)14/h7,10H,1-6,8H2/b9-7+. The Morgan fingerprint density at radius 2 is 2.00 bits per heavy atom. The summed E-state index contributed by atoms with van der Waals surface area (Å²) in [6.45, 7) is 0. The molecule has 0 bridgehead atoms. The fourth-order valence-electron chi connectivity index (χ4n) is 1.72. The van der Waals surface area contributed by atoms with Gasteiger partial charge in [0, 0.05) is 4.48 Å². The van der Waals surface area contributed by atoms with Gasteiger partial charge in [-0.25, -0.2) is 0 Å². The predicted octanol–water partition coefficient (Wildman–Crippen LogP) is 3.59. The van der Waals surface area contributed by atoms with E-state index in [9.17, 15) is 10.1 Å². The van der Waals surface area contributed by atoms with E-state index in [1.54, 1.807) is 0 Å². The zero-order valence-electron chi connectivity index (χ0n) is 8.65. The fraction of sp³-hybridized carbons (Fsp3) is 0.800. The van der Waals surface area contributed by atoms with Crippen LogP contribution in [0.4, 0.5) is 0 Å². The largest absolute Gasteiger partial charge is 0.305 e. The summed E-state index contributed by atoms with van der Waals surface area (Å²) < 4.78 is 0.820. The number of hydrogen-bond acceptors (Lipinski definition) is 3. The molecule has 0 fully saturated rings. The van der Waals surface area contributed by atoms with Crippen LogP contribution < -0.4 is 0 Å². The molecule has 0 radical (unpaired) electrons. The molecule has 1 atom stereocenters. The highest BCUT2D eigenvalue weighted by atomic mass is 79.9. The number of rotatable bonds is 2. The van der Waals surface area contributed by atoms with Gasteiger partial charge in [-0.15, -0.1) is 10.1 Å². The van der Waals surface area contributed by atoms with Crippen molar-refractivity contribution in [2.75, 3.05) is 0 Å². The molecule has 1 unspecified atom stereocenters. The highest BCUT2D eigenvalue weighted by molar-refractivity contribution is 9.11. The van der Waals surface area contributed by atoms with Gasteiger partial charge >= 0.3 is 0 Å². The third-order valence-corrected chi connectivity index (χ3v) is 3.37. The van der Waals surface area contributed by atoms with E-state index in [0.29, 0.717) is 0 Å². The molecule has 4 nitrogen and oxygen atoms in total. The summed E-state index contributed by atoms with van der Waals surface area (Å²) in [4.78, 5) is 14.9. The molecule has 0 aromatic rings. The van der Waals surface area contributed by atoms with Gasteiger partial charge in [0.05, 0.1) is 0 Å². The van der Waals surface area contributed by atoms with Gasteiger partial charge < -0.3 is 4.84 Å².